The summed E-state index contributed by atoms with van der Waals surface area (Å²) in [6, 6.07) is 6.71. The standard InChI is InChI=1S/C13H15BrFN3/c1-8-5-10(18(2)17-8)7-13(16)9-3-4-12(15)11(14)6-9/h3-6,13H,7,16H2,1-2H3. The van der Waals surface area contributed by atoms with Crippen molar-refractivity contribution in [3.63, 3.8) is 0 Å². The maximum Gasteiger partial charge on any atom is 0.137 e. The van der Waals surface area contributed by atoms with Crippen molar-refractivity contribution in [3.05, 3.63) is 51.5 Å². The lowest BCUT2D eigenvalue weighted by Gasteiger charge is -2.12. The summed E-state index contributed by atoms with van der Waals surface area (Å²) in [7, 11) is 1.90. The Labute approximate surface area is 114 Å². The molecule has 0 saturated carbocycles. The van der Waals surface area contributed by atoms with Crippen molar-refractivity contribution in [1.82, 2.24) is 9.78 Å². The monoisotopic (exact) mass is 311 g/mol. The largest absolute Gasteiger partial charge is 0.324 e. The van der Waals surface area contributed by atoms with Crippen LogP contribution in [0, 0.1) is 12.7 Å². The fraction of sp³-hybridized carbons (Fsp3) is 0.308. The van der Waals surface area contributed by atoms with Gasteiger partial charge in [0, 0.05) is 25.2 Å². The molecule has 5 heteroatoms. The average Bonchev–Trinajstić information content (AvgIpc) is 2.61. The fourth-order valence-electron chi connectivity index (χ4n) is 1.94. The van der Waals surface area contributed by atoms with Crippen molar-refractivity contribution >= 4 is 15.9 Å². The molecule has 1 unspecified atom stereocenters. The summed E-state index contributed by atoms with van der Waals surface area (Å²) in [4.78, 5) is 0. The number of hydrogen-bond acceptors (Lipinski definition) is 2. The first-order valence-corrected chi connectivity index (χ1v) is 6.46. The van der Waals surface area contributed by atoms with Gasteiger partial charge in [-0.25, -0.2) is 4.39 Å². The van der Waals surface area contributed by atoms with E-state index >= 15 is 0 Å². The first-order chi connectivity index (χ1) is 8.47. The Morgan fingerprint density at radius 2 is 2.17 bits per heavy atom. The van der Waals surface area contributed by atoms with Crippen molar-refractivity contribution in [2.75, 3.05) is 0 Å². The van der Waals surface area contributed by atoms with Crippen LogP contribution in [0.2, 0.25) is 0 Å². The predicted molar refractivity (Wildman–Crippen MR) is 72.7 cm³/mol. The van der Waals surface area contributed by atoms with Crippen LogP contribution in [-0.2, 0) is 13.5 Å². The van der Waals surface area contributed by atoms with Crippen LogP contribution < -0.4 is 5.73 Å². The average molecular weight is 312 g/mol. The van der Waals surface area contributed by atoms with Gasteiger partial charge >= 0.3 is 0 Å². The molecule has 2 rings (SSSR count). The second-order valence-corrected chi connectivity index (χ2v) is 5.24. The molecule has 3 nitrogen and oxygen atoms in total. The Balaban J connectivity index is 2.19. The third kappa shape index (κ3) is 2.79. The number of nitrogens with two attached hydrogens (primary N) is 1. The Bertz CT molecular complexity index is 565. The topological polar surface area (TPSA) is 43.8 Å². The lowest BCUT2D eigenvalue weighted by Crippen LogP contribution is -2.15. The lowest BCUT2D eigenvalue weighted by molar-refractivity contribution is 0.613. The molecule has 96 valence electrons. The summed E-state index contributed by atoms with van der Waals surface area (Å²) < 4.78 is 15.4. The quantitative estimate of drug-likeness (QED) is 0.947. The molecule has 1 heterocycles. The summed E-state index contributed by atoms with van der Waals surface area (Å²) in [5, 5.41) is 4.28. The van der Waals surface area contributed by atoms with Crippen LogP contribution in [0.15, 0.2) is 28.7 Å². The molecular formula is C13H15BrFN3. The number of aromatic nitrogens is 2. The molecule has 2 aromatic rings. The van der Waals surface area contributed by atoms with Gasteiger partial charge in [0.25, 0.3) is 0 Å². The molecular weight excluding hydrogens is 297 g/mol. The van der Waals surface area contributed by atoms with Crippen molar-refractivity contribution in [2.24, 2.45) is 12.8 Å². The van der Waals surface area contributed by atoms with E-state index in [-0.39, 0.29) is 11.9 Å². The van der Waals surface area contributed by atoms with E-state index in [2.05, 4.69) is 21.0 Å². The second-order valence-electron chi connectivity index (χ2n) is 4.38. The van der Waals surface area contributed by atoms with E-state index in [0.29, 0.717) is 10.9 Å². The van der Waals surface area contributed by atoms with Gasteiger partial charge in [-0.1, -0.05) is 6.07 Å². The van der Waals surface area contributed by atoms with E-state index in [0.717, 1.165) is 17.0 Å². The fourth-order valence-corrected chi connectivity index (χ4v) is 2.34. The molecule has 0 aliphatic rings. The highest BCUT2D eigenvalue weighted by atomic mass is 79.9. The molecule has 1 aromatic carbocycles. The van der Waals surface area contributed by atoms with Crippen LogP contribution >= 0.6 is 15.9 Å². The molecule has 0 aliphatic carbocycles. The first-order valence-electron chi connectivity index (χ1n) is 5.67. The SMILES string of the molecule is Cc1cc(CC(N)c2ccc(F)c(Br)c2)n(C)n1. The van der Waals surface area contributed by atoms with Crippen molar-refractivity contribution in [2.45, 2.75) is 19.4 Å². The number of benzene rings is 1. The summed E-state index contributed by atoms with van der Waals surface area (Å²) in [5.41, 5.74) is 9.09. The van der Waals surface area contributed by atoms with E-state index in [4.69, 9.17) is 5.73 Å². The molecule has 0 aliphatic heterocycles. The van der Waals surface area contributed by atoms with Crippen LogP contribution in [0.1, 0.15) is 23.0 Å². The van der Waals surface area contributed by atoms with Crippen LogP contribution in [0.3, 0.4) is 0 Å². The highest BCUT2D eigenvalue weighted by Gasteiger charge is 2.12. The third-order valence-electron chi connectivity index (χ3n) is 2.90. The van der Waals surface area contributed by atoms with Crippen LogP contribution in [0.4, 0.5) is 4.39 Å². The molecule has 1 aromatic heterocycles. The van der Waals surface area contributed by atoms with Gasteiger partial charge in [-0.2, -0.15) is 5.10 Å². The summed E-state index contributed by atoms with van der Waals surface area (Å²) in [6.45, 7) is 1.95. The number of aryl methyl sites for hydroxylation is 2. The van der Waals surface area contributed by atoms with Crippen molar-refractivity contribution in [1.29, 1.82) is 0 Å². The lowest BCUT2D eigenvalue weighted by atomic mass is 10.0. The zero-order chi connectivity index (χ0) is 13.3. The normalized spacial score (nSPS) is 12.7. The summed E-state index contributed by atoms with van der Waals surface area (Å²) >= 11 is 3.17. The molecule has 0 amide bonds. The summed E-state index contributed by atoms with van der Waals surface area (Å²) in [5.74, 6) is -0.276. The Hall–Kier alpha value is -1.20. The number of nitrogens with zero attached hydrogens (tertiary/aromatic N) is 2. The molecule has 2 N–H and O–H groups in total. The third-order valence-corrected chi connectivity index (χ3v) is 3.51. The minimum absolute atomic E-state index is 0.170. The molecule has 0 saturated heterocycles. The van der Waals surface area contributed by atoms with Gasteiger partial charge in [0.2, 0.25) is 0 Å². The van der Waals surface area contributed by atoms with Crippen LogP contribution in [0.25, 0.3) is 0 Å². The maximum absolute atomic E-state index is 13.2. The van der Waals surface area contributed by atoms with E-state index in [1.807, 2.05) is 24.7 Å². The Kier molecular flexibility index (Phi) is 3.82. The zero-order valence-electron chi connectivity index (χ0n) is 10.3. The van der Waals surface area contributed by atoms with E-state index in [1.165, 1.54) is 6.07 Å². The molecule has 0 spiro atoms. The minimum atomic E-state index is -0.276. The number of hydrogen-bond donors (Lipinski definition) is 1. The molecule has 18 heavy (non-hydrogen) atoms. The van der Waals surface area contributed by atoms with E-state index in [1.54, 1.807) is 12.1 Å². The van der Waals surface area contributed by atoms with Crippen LogP contribution in [-0.4, -0.2) is 9.78 Å². The highest BCUT2D eigenvalue weighted by Crippen LogP contribution is 2.22. The van der Waals surface area contributed by atoms with Gasteiger partial charge in [-0.3, -0.25) is 4.68 Å². The predicted octanol–water partition coefficient (Wildman–Crippen LogP) is 2.87. The number of halogens is 2. The van der Waals surface area contributed by atoms with Gasteiger partial charge in [0.15, 0.2) is 0 Å². The molecule has 0 radical (unpaired) electrons. The van der Waals surface area contributed by atoms with Gasteiger partial charge in [0.05, 0.1) is 10.2 Å². The molecule has 0 fully saturated rings. The highest BCUT2D eigenvalue weighted by molar-refractivity contribution is 9.10. The molecule has 1 atom stereocenters. The van der Waals surface area contributed by atoms with Gasteiger partial charge in [0.1, 0.15) is 5.82 Å². The van der Waals surface area contributed by atoms with Crippen LogP contribution in [0.5, 0.6) is 0 Å². The van der Waals surface area contributed by atoms with Gasteiger partial charge in [-0.15, -0.1) is 0 Å². The minimum Gasteiger partial charge on any atom is -0.324 e. The Morgan fingerprint density at radius 3 is 2.72 bits per heavy atom. The maximum atomic E-state index is 13.2. The zero-order valence-corrected chi connectivity index (χ0v) is 11.9. The molecule has 0 bridgehead atoms. The second kappa shape index (κ2) is 5.20. The van der Waals surface area contributed by atoms with Crippen molar-refractivity contribution in [3.8, 4) is 0 Å². The van der Waals surface area contributed by atoms with Gasteiger partial charge in [-0.05, 0) is 46.6 Å². The Morgan fingerprint density at radius 1 is 1.44 bits per heavy atom. The summed E-state index contributed by atoms with van der Waals surface area (Å²) in [6.07, 6.45) is 0.676. The van der Waals surface area contributed by atoms with Crippen molar-refractivity contribution < 1.29 is 4.39 Å². The van der Waals surface area contributed by atoms with E-state index in [9.17, 15) is 4.39 Å². The first kappa shape index (κ1) is 13.2. The number of rotatable bonds is 3. The van der Waals surface area contributed by atoms with Gasteiger partial charge < -0.3 is 5.73 Å². The van der Waals surface area contributed by atoms with E-state index < -0.39 is 0 Å². The smallest absolute Gasteiger partial charge is 0.137 e.